The molecule has 162 valence electrons. The van der Waals surface area contributed by atoms with Gasteiger partial charge >= 0.3 is 0 Å². The van der Waals surface area contributed by atoms with Crippen molar-refractivity contribution in [3.63, 3.8) is 0 Å². The standard InChI is InChI=1S/C24H24Cl2N2O2S/c1-24(2,3)12-7-8-14-18(11-12)31-23-19(14)22(29)27-21(28-23)17-10-9-16(30-17)13-5-4-6-15(25)20(13)26/h4-6,9-10,12,21,28H,7-8,11H2,1-3H3,(H,27,29). The Bertz CT molecular complexity index is 1170. The maximum absolute atomic E-state index is 13.0. The van der Waals surface area contributed by atoms with Crippen LogP contribution in [0.1, 0.15) is 59.9 Å². The summed E-state index contributed by atoms with van der Waals surface area (Å²) in [5.74, 6) is 1.84. The Labute approximate surface area is 195 Å². The molecule has 2 aliphatic rings. The maximum atomic E-state index is 13.0. The van der Waals surface area contributed by atoms with Crippen molar-refractivity contribution < 1.29 is 9.21 Å². The fraction of sp³-hybridized carbons (Fsp3) is 0.375. The number of rotatable bonds is 2. The van der Waals surface area contributed by atoms with E-state index in [0.29, 0.717) is 27.5 Å². The van der Waals surface area contributed by atoms with E-state index in [9.17, 15) is 4.79 Å². The van der Waals surface area contributed by atoms with Crippen molar-refractivity contribution in [1.29, 1.82) is 0 Å². The monoisotopic (exact) mass is 474 g/mol. The third kappa shape index (κ3) is 3.67. The van der Waals surface area contributed by atoms with Gasteiger partial charge in [-0.2, -0.15) is 0 Å². The first-order valence-corrected chi connectivity index (χ1v) is 12.1. The molecule has 0 spiro atoms. The number of halogens is 2. The molecule has 3 heterocycles. The number of nitrogens with one attached hydrogen (secondary N) is 2. The van der Waals surface area contributed by atoms with E-state index in [1.165, 1.54) is 10.4 Å². The zero-order valence-corrected chi connectivity index (χ0v) is 20.0. The Balaban J connectivity index is 1.43. The van der Waals surface area contributed by atoms with Crippen LogP contribution < -0.4 is 10.6 Å². The molecule has 7 heteroatoms. The van der Waals surface area contributed by atoms with E-state index in [1.807, 2.05) is 24.3 Å². The summed E-state index contributed by atoms with van der Waals surface area (Å²) in [5, 5.41) is 8.40. The van der Waals surface area contributed by atoms with Gasteiger partial charge in [0.2, 0.25) is 0 Å². The van der Waals surface area contributed by atoms with Gasteiger partial charge in [0.15, 0.2) is 6.17 Å². The van der Waals surface area contributed by atoms with Crippen LogP contribution in [0.15, 0.2) is 34.7 Å². The maximum Gasteiger partial charge on any atom is 0.256 e. The lowest BCUT2D eigenvalue weighted by molar-refractivity contribution is 0.0930. The minimum absolute atomic E-state index is 0.0378. The molecule has 0 saturated carbocycles. The van der Waals surface area contributed by atoms with Crippen LogP contribution in [0.25, 0.3) is 11.3 Å². The molecule has 2 atom stereocenters. The Morgan fingerprint density at radius 1 is 1.13 bits per heavy atom. The van der Waals surface area contributed by atoms with Gasteiger partial charge in [0, 0.05) is 10.4 Å². The Hall–Kier alpha value is -1.95. The molecule has 1 aliphatic heterocycles. The number of carbonyl (C=O) groups excluding carboxylic acids is 1. The van der Waals surface area contributed by atoms with Gasteiger partial charge in [-0.05, 0) is 60.4 Å². The van der Waals surface area contributed by atoms with Crippen LogP contribution in [0.4, 0.5) is 5.00 Å². The van der Waals surface area contributed by atoms with Crippen LogP contribution in [0, 0.1) is 11.3 Å². The topological polar surface area (TPSA) is 54.3 Å². The summed E-state index contributed by atoms with van der Waals surface area (Å²) in [6, 6.07) is 9.15. The number of anilines is 1. The summed E-state index contributed by atoms with van der Waals surface area (Å²) in [6.45, 7) is 6.91. The third-order valence-corrected chi connectivity index (χ3v) is 8.40. The average molecular weight is 475 g/mol. The van der Waals surface area contributed by atoms with Gasteiger partial charge in [0.25, 0.3) is 5.91 Å². The second-order valence-electron chi connectivity index (χ2n) is 9.37. The van der Waals surface area contributed by atoms with Gasteiger partial charge in [-0.3, -0.25) is 4.79 Å². The van der Waals surface area contributed by atoms with Gasteiger partial charge in [0.1, 0.15) is 16.5 Å². The van der Waals surface area contributed by atoms with E-state index in [0.717, 1.165) is 35.4 Å². The quantitative estimate of drug-likeness (QED) is 0.408. The summed E-state index contributed by atoms with van der Waals surface area (Å²) in [6.07, 6.45) is 2.69. The van der Waals surface area contributed by atoms with Crippen molar-refractivity contribution >= 4 is 45.4 Å². The highest BCUT2D eigenvalue weighted by Gasteiger charge is 2.37. The van der Waals surface area contributed by atoms with Crippen LogP contribution >= 0.6 is 34.5 Å². The smallest absolute Gasteiger partial charge is 0.256 e. The Morgan fingerprint density at radius 3 is 2.71 bits per heavy atom. The number of carbonyl (C=O) groups is 1. The normalized spacial score (nSPS) is 20.6. The van der Waals surface area contributed by atoms with Crippen LogP contribution in [0.3, 0.4) is 0 Å². The predicted octanol–water partition coefficient (Wildman–Crippen LogP) is 7.32. The molecule has 0 saturated heterocycles. The first kappa shape index (κ1) is 20.9. The molecule has 31 heavy (non-hydrogen) atoms. The average Bonchev–Trinajstić information content (AvgIpc) is 3.33. The lowest BCUT2D eigenvalue weighted by atomic mass is 9.72. The molecule has 2 N–H and O–H groups in total. The SMILES string of the molecule is CC(C)(C)C1CCc2c(sc3c2C(=O)NC(c2ccc(-c4cccc(Cl)c4Cl)o2)N3)C1. The van der Waals surface area contributed by atoms with E-state index in [4.69, 9.17) is 27.6 Å². The minimum atomic E-state index is -0.426. The van der Waals surface area contributed by atoms with E-state index in [1.54, 1.807) is 17.4 Å². The number of amides is 1. The molecule has 2 unspecified atom stereocenters. The largest absolute Gasteiger partial charge is 0.457 e. The third-order valence-electron chi connectivity index (χ3n) is 6.40. The van der Waals surface area contributed by atoms with Gasteiger partial charge < -0.3 is 15.1 Å². The Morgan fingerprint density at radius 2 is 1.94 bits per heavy atom. The fourth-order valence-electron chi connectivity index (χ4n) is 4.53. The molecule has 0 fully saturated rings. The summed E-state index contributed by atoms with van der Waals surface area (Å²) >= 11 is 14.2. The molecule has 2 aromatic heterocycles. The minimum Gasteiger partial charge on any atom is -0.457 e. The van der Waals surface area contributed by atoms with E-state index in [2.05, 4.69) is 31.4 Å². The van der Waals surface area contributed by atoms with E-state index >= 15 is 0 Å². The number of fused-ring (bicyclic) bond motifs is 3. The van der Waals surface area contributed by atoms with Gasteiger partial charge in [-0.15, -0.1) is 11.3 Å². The van der Waals surface area contributed by atoms with Crippen LogP contribution in [0.5, 0.6) is 0 Å². The highest BCUT2D eigenvalue weighted by molar-refractivity contribution is 7.16. The molecule has 1 amide bonds. The van der Waals surface area contributed by atoms with Crippen molar-refractivity contribution in [1.82, 2.24) is 5.32 Å². The second kappa shape index (κ2) is 7.58. The van der Waals surface area contributed by atoms with Crippen molar-refractivity contribution in [3.8, 4) is 11.3 Å². The molecule has 0 radical (unpaired) electrons. The van der Waals surface area contributed by atoms with Crippen LogP contribution in [-0.2, 0) is 12.8 Å². The van der Waals surface area contributed by atoms with Crippen LogP contribution in [0.2, 0.25) is 10.0 Å². The molecule has 1 aromatic carbocycles. The number of furan rings is 1. The lowest BCUT2D eigenvalue weighted by Gasteiger charge is -2.34. The highest BCUT2D eigenvalue weighted by Crippen LogP contribution is 2.46. The summed E-state index contributed by atoms with van der Waals surface area (Å²) in [4.78, 5) is 14.4. The number of benzene rings is 1. The van der Waals surface area contributed by atoms with E-state index < -0.39 is 6.17 Å². The van der Waals surface area contributed by atoms with E-state index in [-0.39, 0.29) is 11.3 Å². The predicted molar refractivity (Wildman–Crippen MR) is 127 cm³/mol. The Kier molecular flexibility index (Phi) is 5.11. The number of thiophene rings is 1. The molecule has 5 rings (SSSR count). The number of hydrogen-bond acceptors (Lipinski definition) is 4. The highest BCUT2D eigenvalue weighted by atomic mass is 35.5. The molecule has 1 aliphatic carbocycles. The van der Waals surface area contributed by atoms with Crippen LogP contribution in [-0.4, -0.2) is 5.91 Å². The fourth-order valence-corrected chi connectivity index (χ4v) is 6.27. The van der Waals surface area contributed by atoms with Crippen molar-refractivity contribution in [2.75, 3.05) is 5.32 Å². The molecule has 0 bridgehead atoms. The lowest BCUT2D eigenvalue weighted by Crippen LogP contribution is -2.38. The number of hydrogen-bond donors (Lipinski definition) is 2. The van der Waals surface area contributed by atoms with Gasteiger partial charge in [0.05, 0.1) is 15.6 Å². The molecular formula is C24H24Cl2N2O2S. The second-order valence-corrected chi connectivity index (χ2v) is 11.3. The summed E-state index contributed by atoms with van der Waals surface area (Å²) < 4.78 is 6.06. The molecule has 4 nitrogen and oxygen atoms in total. The zero-order valence-electron chi connectivity index (χ0n) is 17.6. The first-order valence-electron chi connectivity index (χ1n) is 10.5. The molecular weight excluding hydrogens is 451 g/mol. The summed E-state index contributed by atoms with van der Waals surface area (Å²) in [7, 11) is 0. The molecule has 3 aromatic rings. The zero-order chi connectivity index (χ0) is 21.9. The van der Waals surface area contributed by atoms with Crippen molar-refractivity contribution in [2.24, 2.45) is 11.3 Å². The van der Waals surface area contributed by atoms with Gasteiger partial charge in [-0.1, -0.05) is 50.0 Å². The summed E-state index contributed by atoms with van der Waals surface area (Å²) in [5.41, 5.74) is 3.03. The first-order chi connectivity index (χ1) is 14.7. The van der Waals surface area contributed by atoms with Crippen molar-refractivity contribution in [3.05, 3.63) is 62.1 Å². The van der Waals surface area contributed by atoms with Gasteiger partial charge in [-0.25, -0.2) is 0 Å². The van der Waals surface area contributed by atoms with Crippen molar-refractivity contribution in [2.45, 2.75) is 46.2 Å².